The van der Waals surface area contributed by atoms with Gasteiger partial charge in [0, 0.05) is 13.0 Å². The van der Waals surface area contributed by atoms with Gasteiger partial charge in [-0.15, -0.1) is 0 Å². The molecule has 0 fully saturated rings. The van der Waals surface area contributed by atoms with Crippen molar-refractivity contribution in [2.24, 2.45) is 0 Å². The molecule has 1 atom stereocenters. The topological polar surface area (TPSA) is 9.23 Å². The van der Waals surface area contributed by atoms with Crippen LogP contribution in [0.15, 0.2) is 0 Å². The third-order valence-corrected chi connectivity index (χ3v) is 1.46. The first-order valence-electron chi connectivity index (χ1n) is 3.80. The van der Waals surface area contributed by atoms with E-state index in [0.29, 0.717) is 0 Å². The van der Waals surface area contributed by atoms with Gasteiger partial charge in [0.05, 0.1) is 6.67 Å². The summed E-state index contributed by atoms with van der Waals surface area (Å²) in [6.45, 7) is 0.132. The molecule has 0 aliphatic carbocycles. The molecular formula is C7H11F5O. The fourth-order valence-corrected chi connectivity index (χ4v) is 0.828. The molecule has 0 amide bonds. The highest BCUT2D eigenvalue weighted by Gasteiger charge is 2.49. The van der Waals surface area contributed by atoms with Crippen LogP contribution in [0.25, 0.3) is 0 Å². The van der Waals surface area contributed by atoms with Crippen LogP contribution in [0.3, 0.4) is 0 Å². The maximum absolute atomic E-state index is 12.5. The second-order valence-corrected chi connectivity index (χ2v) is 2.40. The predicted octanol–water partition coefficient (Wildman–Crippen LogP) is 2.65. The SMILES string of the molecule is CCOC(CCF)C(F)(F)C(F)F. The second-order valence-electron chi connectivity index (χ2n) is 2.40. The summed E-state index contributed by atoms with van der Waals surface area (Å²) in [6, 6.07) is 0. The summed E-state index contributed by atoms with van der Waals surface area (Å²) in [4.78, 5) is 0. The van der Waals surface area contributed by atoms with Gasteiger partial charge >= 0.3 is 12.3 Å². The standard InChI is InChI=1S/C7H11F5O/c1-2-13-5(3-4-8)7(11,12)6(9)10/h5-6H,2-4H2,1H3. The second kappa shape index (κ2) is 5.36. The summed E-state index contributed by atoms with van der Waals surface area (Å²) in [5.41, 5.74) is 0. The molecule has 0 N–H and O–H groups in total. The van der Waals surface area contributed by atoms with E-state index in [4.69, 9.17) is 0 Å². The molecule has 13 heavy (non-hydrogen) atoms. The molecule has 1 unspecified atom stereocenters. The quantitative estimate of drug-likeness (QED) is 0.607. The van der Waals surface area contributed by atoms with Crippen LogP contribution in [0.4, 0.5) is 22.0 Å². The van der Waals surface area contributed by atoms with Crippen molar-refractivity contribution >= 4 is 0 Å². The van der Waals surface area contributed by atoms with Crippen LogP contribution in [-0.4, -0.2) is 31.7 Å². The monoisotopic (exact) mass is 206 g/mol. The van der Waals surface area contributed by atoms with Gasteiger partial charge in [-0.1, -0.05) is 0 Å². The first kappa shape index (κ1) is 12.6. The minimum absolute atomic E-state index is 0.146. The van der Waals surface area contributed by atoms with Crippen LogP contribution in [-0.2, 0) is 4.74 Å². The minimum Gasteiger partial charge on any atom is -0.372 e. The summed E-state index contributed by atoms with van der Waals surface area (Å²) >= 11 is 0. The molecule has 6 heteroatoms. The predicted molar refractivity (Wildman–Crippen MR) is 37.0 cm³/mol. The zero-order valence-electron chi connectivity index (χ0n) is 7.07. The molecule has 0 bridgehead atoms. The summed E-state index contributed by atoms with van der Waals surface area (Å²) in [6.07, 6.45) is -6.58. The average Bonchev–Trinajstić information content (AvgIpc) is 2.03. The van der Waals surface area contributed by atoms with E-state index in [-0.39, 0.29) is 6.61 Å². The molecule has 0 aromatic rings. The van der Waals surface area contributed by atoms with Crippen molar-refractivity contribution in [2.75, 3.05) is 13.3 Å². The van der Waals surface area contributed by atoms with Gasteiger partial charge in [-0.25, -0.2) is 8.78 Å². The van der Waals surface area contributed by atoms with E-state index in [1.54, 1.807) is 0 Å². The van der Waals surface area contributed by atoms with E-state index in [9.17, 15) is 22.0 Å². The molecule has 0 spiro atoms. The fraction of sp³-hybridized carbons (Fsp3) is 1.00. The maximum Gasteiger partial charge on any atom is 0.332 e. The first-order valence-corrected chi connectivity index (χ1v) is 3.80. The van der Waals surface area contributed by atoms with Crippen LogP contribution in [0.1, 0.15) is 13.3 Å². The van der Waals surface area contributed by atoms with Crippen molar-refractivity contribution < 1.29 is 26.7 Å². The Hall–Kier alpha value is -0.390. The van der Waals surface area contributed by atoms with Gasteiger partial charge < -0.3 is 4.74 Å². The summed E-state index contributed by atoms with van der Waals surface area (Å²) in [5, 5.41) is 0. The van der Waals surface area contributed by atoms with Crippen LogP contribution >= 0.6 is 0 Å². The zero-order chi connectivity index (χ0) is 10.5. The smallest absolute Gasteiger partial charge is 0.332 e. The average molecular weight is 206 g/mol. The number of halogens is 5. The largest absolute Gasteiger partial charge is 0.372 e. The van der Waals surface area contributed by atoms with Crippen molar-refractivity contribution in [1.82, 2.24) is 0 Å². The zero-order valence-corrected chi connectivity index (χ0v) is 7.07. The lowest BCUT2D eigenvalue weighted by molar-refractivity contribution is -0.208. The molecule has 0 saturated carbocycles. The Morgan fingerprint density at radius 1 is 1.31 bits per heavy atom. The molecule has 0 aliphatic heterocycles. The highest BCUT2D eigenvalue weighted by atomic mass is 19.3. The van der Waals surface area contributed by atoms with Crippen molar-refractivity contribution in [2.45, 2.75) is 31.8 Å². The molecule has 0 aromatic carbocycles. The molecule has 0 aliphatic rings. The van der Waals surface area contributed by atoms with Gasteiger partial charge in [0.25, 0.3) is 0 Å². The highest BCUT2D eigenvalue weighted by Crippen LogP contribution is 2.30. The van der Waals surface area contributed by atoms with Crippen molar-refractivity contribution in [3.05, 3.63) is 0 Å². The van der Waals surface area contributed by atoms with E-state index in [1.807, 2.05) is 0 Å². The molecular weight excluding hydrogens is 195 g/mol. The minimum atomic E-state index is -4.28. The third kappa shape index (κ3) is 3.46. The van der Waals surface area contributed by atoms with E-state index < -0.39 is 31.5 Å². The van der Waals surface area contributed by atoms with Gasteiger partial charge in [0.15, 0.2) is 0 Å². The number of rotatable bonds is 6. The lowest BCUT2D eigenvalue weighted by Gasteiger charge is -2.24. The highest BCUT2D eigenvalue weighted by molar-refractivity contribution is 4.80. The lowest BCUT2D eigenvalue weighted by Crippen LogP contribution is -2.42. The first-order chi connectivity index (χ1) is 5.96. The fourth-order valence-electron chi connectivity index (χ4n) is 0.828. The number of alkyl halides is 5. The molecule has 0 radical (unpaired) electrons. The molecule has 1 nitrogen and oxygen atoms in total. The number of hydrogen-bond acceptors (Lipinski definition) is 1. The van der Waals surface area contributed by atoms with Crippen LogP contribution in [0, 0.1) is 0 Å². The van der Waals surface area contributed by atoms with Gasteiger partial charge in [-0.3, -0.25) is 4.39 Å². The third-order valence-electron chi connectivity index (χ3n) is 1.46. The van der Waals surface area contributed by atoms with E-state index in [0.717, 1.165) is 0 Å². The Labute approximate surface area is 72.9 Å². The van der Waals surface area contributed by atoms with Crippen molar-refractivity contribution in [3.8, 4) is 0 Å². The van der Waals surface area contributed by atoms with Crippen LogP contribution < -0.4 is 0 Å². The molecule has 80 valence electrons. The summed E-state index contributed by atoms with van der Waals surface area (Å²) in [7, 11) is 0. The van der Waals surface area contributed by atoms with E-state index in [1.165, 1.54) is 6.92 Å². The van der Waals surface area contributed by atoms with Crippen molar-refractivity contribution in [1.29, 1.82) is 0 Å². The Morgan fingerprint density at radius 3 is 2.15 bits per heavy atom. The molecule has 0 rings (SSSR count). The lowest BCUT2D eigenvalue weighted by atomic mass is 10.1. The van der Waals surface area contributed by atoms with Crippen LogP contribution in [0.2, 0.25) is 0 Å². The van der Waals surface area contributed by atoms with Gasteiger partial charge in [0.2, 0.25) is 0 Å². The maximum atomic E-state index is 12.5. The number of hydrogen-bond donors (Lipinski definition) is 0. The Morgan fingerprint density at radius 2 is 1.85 bits per heavy atom. The van der Waals surface area contributed by atoms with Gasteiger partial charge in [0.1, 0.15) is 6.10 Å². The number of ether oxygens (including phenoxy) is 1. The van der Waals surface area contributed by atoms with E-state index >= 15 is 0 Å². The Kier molecular flexibility index (Phi) is 5.20. The van der Waals surface area contributed by atoms with E-state index in [2.05, 4.69) is 4.74 Å². The molecule has 0 aromatic heterocycles. The van der Waals surface area contributed by atoms with Gasteiger partial charge in [-0.05, 0) is 6.92 Å². The molecule has 0 saturated heterocycles. The summed E-state index contributed by atoms with van der Waals surface area (Å²) in [5.74, 6) is -4.28. The summed E-state index contributed by atoms with van der Waals surface area (Å²) < 4.78 is 64.6. The van der Waals surface area contributed by atoms with Crippen LogP contribution in [0.5, 0.6) is 0 Å². The molecule has 0 heterocycles. The van der Waals surface area contributed by atoms with Crippen molar-refractivity contribution in [3.63, 3.8) is 0 Å². The Balaban J connectivity index is 4.31. The Bertz CT molecular complexity index is 133. The normalized spacial score (nSPS) is 15.0. The van der Waals surface area contributed by atoms with Gasteiger partial charge in [-0.2, -0.15) is 8.78 Å².